The molecule has 0 aliphatic carbocycles. The van der Waals surface area contributed by atoms with Gasteiger partial charge in [0.05, 0.1) is 0 Å². The number of rotatable bonds is 1. The second-order valence-corrected chi connectivity index (χ2v) is 7.89. The minimum absolute atomic E-state index is 0.516. The maximum absolute atomic E-state index is 2.58. The van der Waals surface area contributed by atoms with Gasteiger partial charge in [-0.3, -0.25) is 0 Å². The van der Waals surface area contributed by atoms with Crippen molar-refractivity contribution in [3.8, 4) is 0 Å². The van der Waals surface area contributed by atoms with E-state index in [1.54, 1.807) is 11.3 Å². The zero-order valence-corrected chi connectivity index (χ0v) is 14.4. The summed E-state index contributed by atoms with van der Waals surface area (Å²) in [4.78, 5) is 3.88. The van der Waals surface area contributed by atoms with E-state index in [0.717, 1.165) is 19.6 Å². The van der Waals surface area contributed by atoms with Gasteiger partial charge in [0.25, 0.3) is 0 Å². The lowest BCUT2D eigenvalue weighted by molar-refractivity contribution is 0.292. The molecule has 4 heterocycles. The molecule has 0 N–H and O–H groups in total. The van der Waals surface area contributed by atoms with Gasteiger partial charge in [-0.15, -0.1) is 11.3 Å². The third-order valence-electron chi connectivity index (χ3n) is 5.22. The predicted octanol–water partition coefficient (Wildman–Crippen LogP) is 4.64. The molecule has 0 fully saturated rings. The fraction of sp³-hybridized carbons (Fsp3) is 0.300. The van der Waals surface area contributed by atoms with Gasteiger partial charge in [-0.2, -0.15) is 0 Å². The Hall–Kier alpha value is -1.84. The van der Waals surface area contributed by atoms with Crippen LogP contribution in [0.2, 0.25) is 0 Å². The number of fused-ring (bicyclic) bond motifs is 3. The van der Waals surface area contributed by atoms with Crippen LogP contribution in [0.15, 0.2) is 41.8 Å². The lowest BCUT2D eigenvalue weighted by Crippen LogP contribution is -2.32. The van der Waals surface area contributed by atoms with E-state index >= 15 is 0 Å². The van der Waals surface area contributed by atoms with Gasteiger partial charge in [-0.05, 0) is 48.7 Å². The van der Waals surface area contributed by atoms with Crippen LogP contribution in [0.4, 0.5) is 0 Å². The smallest absolute Gasteiger partial charge is 0.0490 e. The molecule has 0 radical (unpaired) electrons. The van der Waals surface area contributed by atoms with Gasteiger partial charge in [0, 0.05) is 47.0 Å². The molecular weight excluding hydrogens is 300 g/mol. The largest absolute Gasteiger partial charge is 0.339 e. The van der Waals surface area contributed by atoms with Gasteiger partial charge < -0.3 is 9.47 Å². The predicted molar refractivity (Wildman–Crippen MR) is 98.0 cm³/mol. The SMILES string of the molecule is Cc1ccc2c(c1)c1c3n2CC(c2cccs2)=CC3CN(C)C1. The first-order valence-electron chi connectivity index (χ1n) is 8.25. The minimum Gasteiger partial charge on any atom is -0.339 e. The van der Waals surface area contributed by atoms with Crippen LogP contribution in [0.1, 0.15) is 27.6 Å². The van der Waals surface area contributed by atoms with Crippen molar-refractivity contribution in [2.45, 2.75) is 25.9 Å². The van der Waals surface area contributed by atoms with E-state index in [0.29, 0.717) is 5.92 Å². The van der Waals surface area contributed by atoms with E-state index < -0.39 is 0 Å². The van der Waals surface area contributed by atoms with E-state index in [9.17, 15) is 0 Å². The molecule has 2 nitrogen and oxygen atoms in total. The summed E-state index contributed by atoms with van der Waals surface area (Å²) in [5, 5.41) is 3.64. The number of aryl methyl sites for hydroxylation is 1. The van der Waals surface area contributed by atoms with Crippen LogP contribution in [-0.4, -0.2) is 23.1 Å². The Kier molecular flexibility index (Phi) is 2.85. The Balaban J connectivity index is 1.77. The number of hydrogen-bond donors (Lipinski definition) is 0. The lowest BCUT2D eigenvalue weighted by atomic mass is 9.90. The summed E-state index contributed by atoms with van der Waals surface area (Å²) in [5.74, 6) is 0.516. The molecule has 1 aromatic carbocycles. The molecule has 23 heavy (non-hydrogen) atoms. The van der Waals surface area contributed by atoms with Gasteiger partial charge in [0.1, 0.15) is 0 Å². The topological polar surface area (TPSA) is 8.17 Å². The van der Waals surface area contributed by atoms with Gasteiger partial charge in [-0.1, -0.05) is 23.8 Å². The molecule has 116 valence electrons. The number of nitrogens with zero attached hydrogens (tertiary/aromatic N) is 2. The van der Waals surface area contributed by atoms with Crippen LogP contribution in [0, 0.1) is 6.92 Å². The highest BCUT2D eigenvalue weighted by Gasteiger charge is 2.32. The minimum atomic E-state index is 0.516. The maximum Gasteiger partial charge on any atom is 0.0490 e. The van der Waals surface area contributed by atoms with Crippen molar-refractivity contribution in [3.63, 3.8) is 0 Å². The van der Waals surface area contributed by atoms with Crippen molar-refractivity contribution >= 4 is 27.8 Å². The Morgan fingerprint density at radius 1 is 1.17 bits per heavy atom. The number of benzene rings is 1. The molecule has 2 aliphatic heterocycles. The molecule has 3 aromatic rings. The molecule has 0 amide bonds. The molecule has 0 saturated heterocycles. The van der Waals surface area contributed by atoms with E-state index in [1.807, 2.05) is 11.3 Å². The molecule has 3 heteroatoms. The average molecular weight is 320 g/mol. The molecule has 1 unspecified atom stereocenters. The highest BCUT2D eigenvalue weighted by Crippen LogP contribution is 2.42. The van der Waals surface area contributed by atoms with E-state index in [1.165, 1.54) is 26.9 Å². The molecule has 0 bridgehead atoms. The fourth-order valence-corrected chi connectivity index (χ4v) is 5.04. The third kappa shape index (κ3) is 1.97. The van der Waals surface area contributed by atoms with Crippen molar-refractivity contribution in [1.82, 2.24) is 9.47 Å². The molecule has 1 atom stereocenters. The van der Waals surface area contributed by atoms with Crippen molar-refractivity contribution in [3.05, 3.63) is 63.5 Å². The summed E-state index contributed by atoms with van der Waals surface area (Å²) < 4.78 is 2.58. The highest BCUT2D eigenvalue weighted by atomic mass is 32.1. The molecule has 0 saturated carbocycles. The summed E-state index contributed by atoms with van der Waals surface area (Å²) in [6, 6.07) is 11.4. The zero-order chi connectivity index (χ0) is 15.6. The second-order valence-electron chi connectivity index (χ2n) is 6.94. The Morgan fingerprint density at radius 3 is 2.91 bits per heavy atom. The number of likely N-dealkylation sites (N-methyl/N-ethyl adjacent to an activating group) is 1. The van der Waals surface area contributed by atoms with Crippen molar-refractivity contribution in [2.24, 2.45) is 0 Å². The van der Waals surface area contributed by atoms with Crippen LogP contribution < -0.4 is 0 Å². The number of aromatic nitrogens is 1. The monoisotopic (exact) mass is 320 g/mol. The molecule has 2 aliphatic rings. The lowest BCUT2D eigenvalue weighted by Gasteiger charge is -2.33. The summed E-state index contributed by atoms with van der Waals surface area (Å²) in [7, 11) is 2.25. The zero-order valence-electron chi connectivity index (χ0n) is 13.5. The number of hydrogen-bond acceptors (Lipinski definition) is 2. The van der Waals surface area contributed by atoms with Crippen molar-refractivity contribution in [1.29, 1.82) is 0 Å². The maximum atomic E-state index is 2.58. The van der Waals surface area contributed by atoms with Gasteiger partial charge in [-0.25, -0.2) is 0 Å². The van der Waals surface area contributed by atoms with Crippen LogP contribution in [0.3, 0.4) is 0 Å². The van der Waals surface area contributed by atoms with Crippen LogP contribution in [0.5, 0.6) is 0 Å². The van der Waals surface area contributed by atoms with Gasteiger partial charge in [0.2, 0.25) is 0 Å². The Morgan fingerprint density at radius 2 is 2.09 bits per heavy atom. The molecular formula is C20H20N2S. The standard InChI is InChI=1S/C20H20N2S/c1-13-5-6-18-16(8-13)17-12-21(2)10-15-9-14(11-22(18)20(15)17)19-4-3-7-23-19/h3-9,15H,10-12H2,1-2H3. The quantitative estimate of drug-likeness (QED) is 0.634. The first kappa shape index (κ1) is 13.6. The fourth-order valence-electron chi connectivity index (χ4n) is 4.29. The summed E-state index contributed by atoms with van der Waals surface area (Å²) in [6.07, 6.45) is 2.52. The van der Waals surface area contributed by atoms with Crippen molar-refractivity contribution < 1.29 is 0 Å². The van der Waals surface area contributed by atoms with E-state index in [4.69, 9.17) is 0 Å². The summed E-state index contributed by atoms with van der Waals surface area (Å²) in [5.41, 5.74) is 7.35. The third-order valence-corrected chi connectivity index (χ3v) is 6.17. The molecule has 0 spiro atoms. The second kappa shape index (κ2) is 4.83. The van der Waals surface area contributed by atoms with E-state index in [2.05, 4.69) is 65.2 Å². The van der Waals surface area contributed by atoms with Crippen LogP contribution in [-0.2, 0) is 13.1 Å². The number of thiophene rings is 1. The first-order chi connectivity index (χ1) is 11.2. The molecule has 5 rings (SSSR count). The van der Waals surface area contributed by atoms with Crippen LogP contribution in [0.25, 0.3) is 16.5 Å². The first-order valence-corrected chi connectivity index (χ1v) is 9.13. The number of allylic oxidation sites excluding steroid dienone is 1. The van der Waals surface area contributed by atoms with Gasteiger partial charge in [0.15, 0.2) is 0 Å². The van der Waals surface area contributed by atoms with Crippen LogP contribution >= 0.6 is 11.3 Å². The Labute approximate surface area is 140 Å². The summed E-state index contributed by atoms with van der Waals surface area (Å²) >= 11 is 1.85. The van der Waals surface area contributed by atoms with Crippen molar-refractivity contribution in [2.75, 3.05) is 13.6 Å². The average Bonchev–Trinajstić information content (AvgIpc) is 3.15. The highest BCUT2D eigenvalue weighted by molar-refractivity contribution is 7.11. The normalized spacial score (nSPS) is 20.6. The Bertz CT molecular complexity index is 930. The summed E-state index contributed by atoms with van der Waals surface area (Å²) in [6.45, 7) is 5.40. The van der Waals surface area contributed by atoms with Gasteiger partial charge >= 0.3 is 0 Å². The van der Waals surface area contributed by atoms with E-state index in [-0.39, 0.29) is 0 Å². The molecule has 2 aromatic heterocycles.